The van der Waals surface area contributed by atoms with E-state index in [-0.39, 0.29) is 5.41 Å². The van der Waals surface area contributed by atoms with Gasteiger partial charge in [0.25, 0.3) is 0 Å². The van der Waals surface area contributed by atoms with Crippen LogP contribution in [0.1, 0.15) is 44.7 Å². The van der Waals surface area contributed by atoms with E-state index in [0.717, 1.165) is 13.1 Å². The Kier molecular flexibility index (Phi) is 5.22. The van der Waals surface area contributed by atoms with Crippen molar-refractivity contribution in [1.29, 1.82) is 0 Å². The van der Waals surface area contributed by atoms with Crippen molar-refractivity contribution in [3.63, 3.8) is 0 Å². The standard InChI is InChI=1S/C18H30N2/c1-15-5-7-17(8-6-15)18(3,4)10-9-16(2)20-13-11-19-12-14-20/h5-8,16,19H,9-14H2,1-4H3. The Hall–Kier alpha value is -0.860. The number of nitrogens with zero attached hydrogens (tertiary/aromatic N) is 1. The lowest BCUT2D eigenvalue weighted by atomic mass is 9.79. The van der Waals surface area contributed by atoms with E-state index in [1.54, 1.807) is 0 Å². The molecule has 0 spiro atoms. The highest BCUT2D eigenvalue weighted by molar-refractivity contribution is 5.27. The van der Waals surface area contributed by atoms with E-state index in [1.165, 1.54) is 37.1 Å². The second kappa shape index (κ2) is 6.73. The van der Waals surface area contributed by atoms with Gasteiger partial charge in [0.2, 0.25) is 0 Å². The summed E-state index contributed by atoms with van der Waals surface area (Å²) < 4.78 is 0. The van der Waals surface area contributed by atoms with Gasteiger partial charge < -0.3 is 5.32 Å². The van der Waals surface area contributed by atoms with E-state index < -0.39 is 0 Å². The number of piperazine rings is 1. The average molecular weight is 274 g/mol. The minimum atomic E-state index is 0.274. The highest BCUT2D eigenvalue weighted by Gasteiger charge is 2.23. The van der Waals surface area contributed by atoms with Gasteiger partial charge in [-0.25, -0.2) is 0 Å². The second-order valence-electron chi connectivity index (χ2n) is 6.92. The summed E-state index contributed by atoms with van der Waals surface area (Å²) in [6.45, 7) is 14.0. The van der Waals surface area contributed by atoms with Gasteiger partial charge in [0.15, 0.2) is 0 Å². The van der Waals surface area contributed by atoms with Crippen molar-refractivity contribution < 1.29 is 0 Å². The zero-order valence-electron chi connectivity index (χ0n) is 13.6. The molecule has 1 unspecified atom stereocenters. The molecule has 1 aliphatic rings. The Morgan fingerprint density at radius 2 is 1.75 bits per heavy atom. The molecule has 1 aromatic carbocycles. The zero-order chi connectivity index (χ0) is 14.6. The molecule has 1 fully saturated rings. The topological polar surface area (TPSA) is 15.3 Å². The molecule has 1 atom stereocenters. The van der Waals surface area contributed by atoms with Gasteiger partial charge >= 0.3 is 0 Å². The fourth-order valence-electron chi connectivity index (χ4n) is 3.02. The Morgan fingerprint density at radius 1 is 1.15 bits per heavy atom. The lowest BCUT2D eigenvalue weighted by molar-refractivity contribution is 0.168. The SMILES string of the molecule is Cc1ccc(C(C)(C)CCC(C)N2CCNCC2)cc1. The minimum Gasteiger partial charge on any atom is -0.314 e. The molecule has 0 saturated carbocycles. The summed E-state index contributed by atoms with van der Waals surface area (Å²) in [4.78, 5) is 2.63. The quantitative estimate of drug-likeness (QED) is 0.886. The smallest absolute Gasteiger partial charge is 0.0110 e. The van der Waals surface area contributed by atoms with Crippen molar-refractivity contribution in [3.8, 4) is 0 Å². The normalized spacial score (nSPS) is 19.0. The predicted molar refractivity (Wildman–Crippen MR) is 87.3 cm³/mol. The van der Waals surface area contributed by atoms with E-state index >= 15 is 0 Å². The summed E-state index contributed by atoms with van der Waals surface area (Å²) >= 11 is 0. The van der Waals surface area contributed by atoms with Crippen LogP contribution in [0.3, 0.4) is 0 Å². The van der Waals surface area contributed by atoms with Gasteiger partial charge in [-0.3, -0.25) is 4.90 Å². The molecule has 0 aliphatic carbocycles. The molecule has 0 radical (unpaired) electrons. The van der Waals surface area contributed by atoms with E-state index in [9.17, 15) is 0 Å². The highest BCUT2D eigenvalue weighted by Crippen LogP contribution is 2.29. The van der Waals surface area contributed by atoms with Crippen molar-refractivity contribution >= 4 is 0 Å². The summed E-state index contributed by atoms with van der Waals surface area (Å²) in [5.74, 6) is 0. The molecule has 20 heavy (non-hydrogen) atoms. The van der Waals surface area contributed by atoms with Crippen LogP contribution in [0.15, 0.2) is 24.3 Å². The van der Waals surface area contributed by atoms with Crippen molar-refractivity contribution in [2.24, 2.45) is 0 Å². The van der Waals surface area contributed by atoms with Gasteiger partial charge in [-0.15, -0.1) is 0 Å². The summed E-state index contributed by atoms with van der Waals surface area (Å²) in [7, 11) is 0. The van der Waals surface area contributed by atoms with Gasteiger partial charge in [-0.05, 0) is 37.7 Å². The molecule has 1 aromatic rings. The lowest BCUT2D eigenvalue weighted by Gasteiger charge is -2.35. The summed E-state index contributed by atoms with van der Waals surface area (Å²) in [5.41, 5.74) is 3.09. The third-order valence-electron chi connectivity index (χ3n) is 4.80. The first kappa shape index (κ1) is 15.5. The maximum absolute atomic E-state index is 3.43. The van der Waals surface area contributed by atoms with Gasteiger partial charge in [0.05, 0.1) is 0 Å². The Labute approximate surface area is 124 Å². The molecule has 1 aliphatic heterocycles. The monoisotopic (exact) mass is 274 g/mol. The fourth-order valence-corrected chi connectivity index (χ4v) is 3.02. The number of nitrogens with one attached hydrogen (secondary N) is 1. The van der Waals surface area contributed by atoms with Crippen LogP contribution in [0.2, 0.25) is 0 Å². The van der Waals surface area contributed by atoms with Crippen LogP contribution in [-0.4, -0.2) is 37.1 Å². The van der Waals surface area contributed by atoms with Crippen LogP contribution in [0.5, 0.6) is 0 Å². The van der Waals surface area contributed by atoms with Gasteiger partial charge in [0.1, 0.15) is 0 Å². The third kappa shape index (κ3) is 4.07. The molecule has 0 bridgehead atoms. The highest BCUT2D eigenvalue weighted by atomic mass is 15.2. The number of benzene rings is 1. The minimum absolute atomic E-state index is 0.274. The van der Waals surface area contributed by atoms with Crippen LogP contribution in [0, 0.1) is 6.92 Å². The number of rotatable bonds is 5. The van der Waals surface area contributed by atoms with Crippen LogP contribution in [0.4, 0.5) is 0 Å². The van der Waals surface area contributed by atoms with Crippen molar-refractivity contribution in [1.82, 2.24) is 10.2 Å². The summed E-state index contributed by atoms with van der Waals surface area (Å²) in [5, 5.41) is 3.43. The molecule has 2 rings (SSSR count). The maximum Gasteiger partial charge on any atom is 0.0110 e. The zero-order valence-corrected chi connectivity index (χ0v) is 13.6. The summed E-state index contributed by atoms with van der Waals surface area (Å²) in [6, 6.07) is 9.75. The molecule has 1 heterocycles. The largest absolute Gasteiger partial charge is 0.314 e. The van der Waals surface area contributed by atoms with Crippen molar-refractivity contribution in [2.75, 3.05) is 26.2 Å². The first-order valence-corrected chi connectivity index (χ1v) is 8.01. The number of hydrogen-bond acceptors (Lipinski definition) is 2. The molecule has 2 nitrogen and oxygen atoms in total. The molecule has 1 saturated heterocycles. The van der Waals surface area contributed by atoms with Crippen molar-refractivity contribution in [3.05, 3.63) is 35.4 Å². The summed E-state index contributed by atoms with van der Waals surface area (Å²) in [6.07, 6.45) is 2.53. The first-order chi connectivity index (χ1) is 9.49. The Bertz CT molecular complexity index is 402. The molecule has 2 heteroatoms. The van der Waals surface area contributed by atoms with Crippen LogP contribution < -0.4 is 5.32 Å². The van der Waals surface area contributed by atoms with E-state index in [4.69, 9.17) is 0 Å². The second-order valence-corrected chi connectivity index (χ2v) is 6.92. The Morgan fingerprint density at radius 3 is 2.35 bits per heavy atom. The van der Waals surface area contributed by atoms with E-state index in [0.29, 0.717) is 6.04 Å². The number of hydrogen-bond donors (Lipinski definition) is 1. The fraction of sp³-hybridized carbons (Fsp3) is 0.667. The maximum atomic E-state index is 3.43. The van der Waals surface area contributed by atoms with E-state index in [1.807, 2.05) is 0 Å². The molecule has 1 N–H and O–H groups in total. The van der Waals surface area contributed by atoms with Gasteiger partial charge in [-0.1, -0.05) is 43.7 Å². The van der Waals surface area contributed by atoms with Crippen LogP contribution in [-0.2, 0) is 5.41 Å². The number of aryl methyl sites for hydroxylation is 1. The third-order valence-corrected chi connectivity index (χ3v) is 4.80. The van der Waals surface area contributed by atoms with Crippen molar-refractivity contribution in [2.45, 2.75) is 52.0 Å². The molecular weight excluding hydrogens is 244 g/mol. The van der Waals surface area contributed by atoms with Crippen LogP contribution in [0.25, 0.3) is 0 Å². The predicted octanol–water partition coefficient (Wildman–Crippen LogP) is 3.35. The Balaban J connectivity index is 1.89. The van der Waals surface area contributed by atoms with E-state index in [2.05, 4.69) is 62.2 Å². The van der Waals surface area contributed by atoms with Crippen LogP contribution >= 0.6 is 0 Å². The average Bonchev–Trinajstić information content (AvgIpc) is 2.46. The lowest BCUT2D eigenvalue weighted by Crippen LogP contribution is -2.47. The van der Waals surface area contributed by atoms with Gasteiger partial charge in [-0.2, -0.15) is 0 Å². The molecule has 112 valence electrons. The molecular formula is C18H30N2. The molecule has 0 aromatic heterocycles. The first-order valence-electron chi connectivity index (χ1n) is 8.01. The van der Waals surface area contributed by atoms with Gasteiger partial charge in [0, 0.05) is 32.2 Å². The molecule has 0 amide bonds.